The molecule has 172 valence electrons. The molecule has 0 unspecified atom stereocenters. The summed E-state index contributed by atoms with van der Waals surface area (Å²) in [6.45, 7) is 1.73. The van der Waals surface area contributed by atoms with Crippen LogP contribution in [0.25, 0.3) is 10.9 Å². The normalized spacial score (nSPS) is 11.3. The molecule has 11 heteroatoms. The van der Waals surface area contributed by atoms with Gasteiger partial charge in [0, 0.05) is 25.6 Å². The summed E-state index contributed by atoms with van der Waals surface area (Å²) >= 11 is 12.8. The molecule has 0 atom stereocenters. The summed E-state index contributed by atoms with van der Waals surface area (Å²) in [4.78, 5) is 28.5. The van der Waals surface area contributed by atoms with Crippen LogP contribution in [-0.4, -0.2) is 20.8 Å². The third-order valence-electron chi connectivity index (χ3n) is 4.84. The van der Waals surface area contributed by atoms with E-state index in [0.29, 0.717) is 16.7 Å². The summed E-state index contributed by atoms with van der Waals surface area (Å²) in [5.41, 5.74) is 0.905. The van der Waals surface area contributed by atoms with Gasteiger partial charge in [-0.2, -0.15) is 9.78 Å². The molecule has 0 bridgehead atoms. The number of aromatic nitrogens is 2. The van der Waals surface area contributed by atoms with Crippen LogP contribution < -0.4 is 10.3 Å². The number of nitro benzene ring substituents is 1. The zero-order valence-corrected chi connectivity index (χ0v) is 21.5. The van der Waals surface area contributed by atoms with Gasteiger partial charge in [0.15, 0.2) is 0 Å². The highest BCUT2D eigenvalue weighted by molar-refractivity contribution is 9.10. The van der Waals surface area contributed by atoms with Crippen molar-refractivity contribution in [2.24, 2.45) is 5.10 Å². The molecular formula is C23H15Br2ClN4O4. The minimum absolute atomic E-state index is 0.0109. The first kappa shape index (κ1) is 24.1. The molecule has 1 aromatic heterocycles. The molecule has 0 aliphatic rings. The number of halogens is 3. The molecule has 0 radical (unpaired) electrons. The summed E-state index contributed by atoms with van der Waals surface area (Å²) in [6.07, 6.45) is 1.30. The number of aryl methyl sites for hydroxylation is 1. The van der Waals surface area contributed by atoms with E-state index in [4.69, 9.17) is 16.3 Å². The maximum absolute atomic E-state index is 13.0. The van der Waals surface area contributed by atoms with E-state index in [1.165, 1.54) is 18.3 Å². The van der Waals surface area contributed by atoms with Gasteiger partial charge in [-0.25, -0.2) is 4.98 Å². The first-order valence-corrected chi connectivity index (χ1v) is 11.8. The highest BCUT2D eigenvalue weighted by Crippen LogP contribution is 2.34. The minimum Gasteiger partial charge on any atom is -0.481 e. The van der Waals surface area contributed by atoms with Gasteiger partial charge in [0.1, 0.15) is 12.4 Å². The van der Waals surface area contributed by atoms with E-state index < -0.39 is 4.92 Å². The van der Waals surface area contributed by atoms with Gasteiger partial charge in [-0.15, -0.1) is 0 Å². The maximum atomic E-state index is 13.0. The highest BCUT2D eigenvalue weighted by atomic mass is 79.9. The number of nitro groups is 1. The molecule has 0 N–H and O–H groups in total. The number of rotatable bonds is 6. The first-order valence-electron chi connectivity index (χ1n) is 9.81. The summed E-state index contributed by atoms with van der Waals surface area (Å²) < 4.78 is 8.58. The Kier molecular flexibility index (Phi) is 7.11. The Bertz CT molecular complexity index is 1500. The van der Waals surface area contributed by atoms with Crippen molar-refractivity contribution in [1.29, 1.82) is 0 Å². The molecule has 0 saturated carbocycles. The van der Waals surface area contributed by atoms with Crippen molar-refractivity contribution >= 4 is 66.3 Å². The zero-order chi connectivity index (χ0) is 24.4. The van der Waals surface area contributed by atoms with E-state index in [1.54, 1.807) is 25.1 Å². The van der Waals surface area contributed by atoms with Crippen LogP contribution in [0.2, 0.25) is 5.02 Å². The second kappa shape index (κ2) is 10.0. The second-order valence-electron chi connectivity index (χ2n) is 7.20. The van der Waals surface area contributed by atoms with E-state index >= 15 is 0 Å². The van der Waals surface area contributed by atoms with Crippen LogP contribution in [0.5, 0.6) is 5.75 Å². The third-order valence-corrected chi connectivity index (χ3v) is 6.08. The number of hydrogen-bond donors (Lipinski definition) is 0. The molecule has 0 fully saturated rings. The van der Waals surface area contributed by atoms with Crippen molar-refractivity contribution in [2.75, 3.05) is 0 Å². The summed E-state index contributed by atoms with van der Waals surface area (Å²) in [7, 11) is 0. The summed E-state index contributed by atoms with van der Waals surface area (Å²) in [5, 5.41) is 16.5. The topological polar surface area (TPSA) is 99.6 Å². The fraction of sp³-hybridized carbons (Fsp3) is 0.0870. The van der Waals surface area contributed by atoms with Crippen molar-refractivity contribution in [1.82, 2.24) is 9.66 Å². The minimum atomic E-state index is -0.577. The Morgan fingerprint density at radius 1 is 1.15 bits per heavy atom. The summed E-state index contributed by atoms with van der Waals surface area (Å²) in [6, 6.07) is 15.2. The van der Waals surface area contributed by atoms with Crippen LogP contribution in [0.1, 0.15) is 17.0 Å². The first-order chi connectivity index (χ1) is 16.2. The molecule has 4 aromatic rings. The molecule has 8 nitrogen and oxygen atoms in total. The van der Waals surface area contributed by atoms with Gasteiger partial charge < -0.3 is 4.74 Å². The van der Waals surface area contributed by atoms with Crippen molar-refractivity contribution in [3.05, 3.63) is 106 Å². The van der Waals surface area contributed by atoms with Crippen LogP contribution in [0.4, 0.5) is 5.69 Å². The molecule has 0 saturated heterocycles. The third kappa shape index (κ3) is 5.19. The largest absolute Gasteiger partial charge is 0.481 e. The van der Waals surface area contributed by atoms with Gasteiger partial charge in [0.25, 0.3) is 5.56 Å². The van der Waals surface area contributed by atoms with E-state index in [1.807, 2.05) is 24.3 Å². The average Bonchev–Trinajstić information content (AvgIpc) is 2.79. The number of ether oxygens (including phenoxy) is 1. The molecular weight excluding hydrogens is 592 g/mol. The van der Waals surface area contributed by atoms with Crippen molar-refractivity contribution < 1.29 is 9.66 Å². The highest BCUT2D eigenvalue weighted by Gasteiger charge is 2.21. The van der Waals surface area contributed by atoms with Gasteiger partial charge in [0.2, 0.25) is 5.75 Å². The number of benzene rings is 3. The molecule has 0 amide bonds. The average molecular weight is 607 g/mol. The van der Waals surface area contributed by atoms with Gasteiger partial charge in [-0.3, -0.25) is 14.9 Å². The Morgan fingerprint density at radius 3 is 2.56 bits per heavy atom. The molecule has 1 heterocycles. The SMILES string of the molecule is Cc1nc2ccc(Br)cc2c(=O)n1N=Cc1cc(Cl)cc([N+](=O)[O-])c1OCc1ccc(Br)cc1. The molecule has 0 aliphatic heterocycles. The molecule has 3 aromatic carbocycles. The van der Waals surface area contributed by atoms with Crippen LogP contribution in [-0.2, 0) is 6.61 Å². The Balaban J connectivity index is 1.77. The second-order valence-corrected chi connectivity index (χ2v) is 9.47. The summed E-state index contributed by atoms with van der Waals surface area (Å²) in [5.74, 6) is 0.341. The lowest BCUT2D eigenvalue weighted by molar-refractivity contribution is -0.385. The van der Waals surface area contributed by atoms with Gasteiger partial charge >= 0.3 is 5.69 Å². The quantitative estimate of drug-likeness (QED) is 0.147. The maximum Gasteiger partial charge on any atom is 0.313 e. The van der Waals surface area contributed by atoms with Crippen LogP contribution >= 0.6 is 43.5 Å². The Labute approximate surface area is 215 Å². The Hall–Kier alpha value is -3.08. The number of nitrogens with zero attached hydrogens (tertiary/aromatic N) is 4. The van der Waals surface area contributed by atoms with Gasteiger partial charge in [-0.05, 0) is 48.9 Å². The fourth-order valence-electron chi connectivity index (χ4n) is 3.24. The lowest BCUT2D eigenvalue weighted by Gasteiger charge is -2.11. The number of fused-ring (bicyclic) bond motifs is 1. The van der Waals surface area contributed by atoms with E-state index in [0.717, 1.165) is 19.2 Å². The van der Waals surface area contributed by atoms with E-state index in [9.17, 15) is 14.9 Å². The molecule has 0 spiro atoms. The van der Waals surface area contributed by atoms with Gasteiger partial charge in [0.05, 0.1) is 22.0 Å². The van der Waals surface area contributed by atoms with E-state index in [-0.39, 0.29) is 34.2 Å². The smallest absolute Gasteiger partial charge is 0.313 e. The van der Waals surface area contributed by atoms with Crippen molar-refractivity contribution in [3.8, 4) is 5.75 Å². The van der Waals surface area contributed by atoms with Crippen LogP contribution in [0.15, 0.2) is 73.4 Å². The van der Waals surface area contributed by atoms with Crippen LogP contribution in [0.3, 0.4) is 0 Å². The zero-order valence-electron chi connectivity index (χ0n) is 17.5. The number of hydrogen-bond acceptors (Lipinski definition) is 6. The monoisotopic (exact) mass is 604 g/mol. The van der Waals surface area contributed by atoms with Crippen molar-refractivity contribution in [2.45, 2.75) is 13.5 Å². The lowest BCUT2D eigenvalue weighted by Crippen LogP contribution is -2.20. The Morgan fingerprint density at radius 2 is 1.85 bits per heavy atom. The van der Waals surface area contributed by atoms with Crippen molar-refractivity contribution in [3.63, 3.8) is 0 Å². The lowest BCUT2D eigenvalue weighted by atomic mass is 10.2. The fourth-order valence-corrected chi connectivity index (χ4v) is 4.09. The molecule has 34 heavy (non-hydrogen) atoms. The van der Waals surface area contributed by atoms with Crippen LogP contribution in [0, 0.1) is 17.0 Å². The molecule has 4 rings (SSSR count). The molecule has 0 aliphatic carbocycles. The predicted octanol–water partition coefficient (Wildman–Crippen LogP) is 6.25. The van der Waals surface area contributed by atoms with E-state index in [2.05, 4.69) is 41.9 Å². The predicted molar refractivity (Wildman–Crippen MR) is 138 cm³/mol. The van der Waals surface area contributed by atoms with Gasteiger partial charge in [-0.1, -0.05) is 55.6 Å². The standard InChI is InChI=1S/C23H15Br2ClN4O4/c1-13-28-20-7-6-17(25)9-19(20)23(31)29(13)27-11-15-8-18(26)10-21(30(32)33)22(15)34-12-14-2-4-16(24)5-3-14/h2-11H,12H2,1H3.